The second kappa shape index (κ2) is 6.29. The molecule has 1 N–H and O–H groups in total. The molecule has 0 unspecified atom stereocenters. The van der Waals surface area contributed by atoms with Crippen LogP contribution in [0.15, 0.2) is 52.7 Å². The summed E-state index contributed by atoms with van der Waals surface area (Å²) in [6.45, 7) is 1.92. The number of hydrogen-bond donors (Lipinski definition) is 1. The van der Waals surface area contributed by atoms with Crippen molar-refractivity contribution in [1.29, 1.82) is 0 Å². The van der Waals surface area contributed by atoms with Crippen LogP contribution in [0.25, 0.3) is 16.5 Å². The summed E-state index contributed by atoms with van der Waals surface area (Å²) in [4.78, 5) is 16.7. The van der Waals surface area contributed by atoms with E-state index in [1.165, 1.54) is 17.7 Å². The summed E-state index contributed by atoms with van der Waals surface area (Å²) in [5.74, 6) is 0.370. The predicted molar refractivity (Wildman–Crippen MR) is 91.7 cm³/mol. The smallest absolute Gasteiger partial charge is 0.275 e. The lowest BCUT2D eigenvalue weighted by Gasteiger charge is -2.08. The molecule has 4 rings (SSSR count). The van der Waals surface area contributed by atoms with Gasteiger partial charge in [-0.1, -0.05) is 0 Å². The molecule has 9 heteroatoms. The Morgan fingerprint density at radius 2 is 2.24 bits per heavy atom. The number of nitrogens with zero attached hydrogens (tertiary/aromatic N) is 5. The highest BCUT2D eigenvalue weighted by molar-refractivity contribution is 7.13. The van der Waals surface area contributed by atoms with Crippen LogP contribution < -0.4 is 5.32 Å². The summed E-state index contributed by atoms with van der Waals surface area (Å²) in [5.41, 5.74) is 2.79. The Hall–Kier alpha value is -3.33. The third-order valence-electron chi connectivity index (χ3n) is 3.52. The highest BCUT2D eigenvalue weighted by Crippen LogP contribution is 2.24. The second-order valence-electron chi connectivity index (χ2n) is 5.22. The summed E-state index contributed by atoms with van der Waals surface area (Å²) in [6, 6.07) is 9.08. The Bertz CT molecular complexity index is 1010. The minimum absolute atomic E-state index is 0.274. The van der Waals surface area contributed by atoms with Gasteiger partial charge in [0, 0.05) is 11.1 Å². The van der Waals surface area contributed by atoms with Crippen LogP contribution in [0.2, 0.25) is 0 Å². The van der Waals surface area contributed by atoms with Gasteiger partial charge in [0.1, 0.15) is 12.0 Å². The maximum Gasteiger partial charge on any atom is 0.275 e. The first-order valence-corrected chi connectivity index (χ1v) is 8.23. The van der Waals surface area contributed by atoms with E-state index in [-0.39, 0.29) is 5.91 Å². The lowest BCUT2D eigenvalue weighted by atomic mass is 10.2. The summed E-state index contributed by atoms with van der Waals surface area (Å²) in [7, 11) is 0. The van der Waals surface area contributed by atoms with Gasteiger partial charge in [0.25, 0.3) is 5.91 Å². The van der Waals surface area contributed by atoms with Gasteiger partial charge in [0.2, 0.25) is 0 Å². The van der Waals surface area contributed by atoms with Crippen LogP contribution >= 0.6 is 11.3 Å². The first kappa shape index (κ1) is 15.2. The van der Waals surface area contributed by atoms with E-state index in [2.05, 4.69) is 25.8 Å². The van der Waals surface area contributed by atoms with Gasteiger partial charge in [-0.2, -0.15) is 0 Å². The Balaban J connectivity index is 1.52. The summed E-state index contributed by atoms with van der Waals surface area (Å²) in [6.07, 6.45) is 3.09. The number of carbonyl (C=O) groups excluding carboxylic acids is 1. The molecule has 0 aliphatic rings. The Morgan fingerprint density at radius 1 is 1.32 bits per heavy atom. The zero-order chi connectivity index (χ0) is 17.2. The van der Waals surface area contributed by atoms with Gasteiger partial charge in [-0.05, 0) is 53.2 Å². The number of amides is 1. The fraction of sp³-hybridized carbons (Fsp3) is 0.0625. The number of tetrazole rings is 1. The van der Waals surface area contributed by atoms with Gasteiger partial charge in [-0.3, -0.25) is 4.79 Å². The van der Waals surface area contributed by atoms with Crippen molar-refractivity contribution in [3.63, 3.8) is 0 Å². The highest BCUT2D eigenvalue weighted by Gasteiger charge is 2.14. The summed E-state index contributed by atoms with van der Waals surface area (Å²) in [5, 5.41) is 16.3. The topological polar surface area (TPSA) is 98.7 Å². The number of hydrogen-bond acceptors (Lipinski definition) is 7. The molecule has 4 aromatic rings. The van der Waals surface area contributed by atoms with Gasteiger partial charge in [-0.25, -0.2) is 9.67 Å². The number of benzene rings is 1. The van der Waals surface area contributed by atoms with Gasteiger partial charge in [0.15, 0.2) is 10.8 Å². The Labute approximate surface area is 146 Å². The minimum Gasteiger partial charge on any atom is -0.462 e. The number of thiazole rings is 1. The molecule has 25 heavy (non-hydrogen) atoms. The van der Waals surface area contributed by atoms with E-state index in [1.807, 2.05) is 25.1 Å². The monoisotopic (exact) mass is 352 g/mol. The number of aromatic nitrogens is 5. The average molecular weight is 352 g/mol. The molecule has 0 spiro atoms. The van der Waals surface area contributed by atoms with Crippen LogP contribution in [-0.4, -0.2) is 31.1 Å². The Kier molecular flexibility index (Phi) is 3.82. The zero-order valence-electron chi connectivity index (χ0n) is 13.1. The molecule has 0 saturated carbocycles. The molecule has 0 radical (unpaired) electrons. The molecule has 124 valence electrons. The number of aryl methyl sites for hydroxylation is 1. The maximum absolute atomic E-state index is 12.4. The van der Waals surface area contributed by atoms with Crippen molar-refractivity contribution in [2.45, 2.75) is 6.92 Å². The van der Waals surface area contributed by atoms with Gasteiger partial charge in [0.05, 0.1) is 12.0 Å². The van der Waals surface area contributed by atoms with E-state index in [4.69, 9.17) is 4.42 Å². The van der Waals surface area contributed by atoms with E-state index in [0.717, 1.165) is 11.3 Å². The fourth-order valence-corrected chi connectivity index (χ4v) is 3.11. The third kappa shape index (κ3) is 3.04. The van der Waals surface area contributed by atoms with Crippen LogP contribution in [0.3, 0.4) is 0 Å². The molecule has 0 saturated heterocycles. The molecular weight excluding hydrogens is 340 g/mol. The van der Waals surface area contributed by atoms with Gasteiger partial charge >= 0.3 is 0 Å². The van der Waals surface area contributed by atoms with E-state index in [0.29, 0.717) is 22.1 Å². The molecule has 0 aliphatic heterocycles. The molecular formula is C16H12N6O2S. The largest absolute Gasteiger partial charge is 0.462 e. The molecule has 0 aliphatic carbocycles. The van der Waals surface area contributed by atoms with E-state index in [9.17, 15) is 4.79 Å². The van der Waals surface area contributed by atoms with Crippen molar-refractivity contribution < 1.29 is 9.21 Å². The van der Waals surface area contributed by atoms with Gasteiger partial charge in [-0.15, -0.1) is 16.4 Å². The van der Waals surface area contributed by atoms with Crippen molar-refractivity contribution in [3.05, 3.63) is 59.6 Å². The van der Waals surface area contributed by atoms with Crippen LogP contribution in [0.4, 0.5) is 5.69 Å². The van der Waals surface area contributed by atoms with Crippen LogP contribution in [0.1, 0.15) is 16.1 Å². The average Bonchev–Trinajstić information content (AvgIpc) is 3.35. The summed E-state index contributed by atoms with van der Waals surface area (Å²) < 4.78 is 6.86. The number of nitrogens with one attached hydrogen (secondary N) is 1. The number of furan rings is 1. The summed E-state index contributed by atoms with van der Waals surface area (Å²) >= 11 is 1.36. The molecule has 3 heterocycles. The van der Waals surface area contributed by atoms with Crippen LogP contribution in [-0.2, 0) is 0 Å². The predicted octanol–water partition coefficient (Wildman–Crippen LogP) is 2.94. The van der Waals surface area contributed by atoms with E-state index < -0.39 is 0 Å². The Morgan fingerprint density at radius 3 is 2.96 bits per heavy atom. The molecule has 1 amide bonds. The number of anilines is 1. The van der Waals surface area contributed by atoms with E-state index in [1.54, 1.807) is 28.5 Å². The quantitative estimate of drug-likeness (QED) is 0.606. The second-order valence-corrected chi connectivity index (χ2v) is 6.08. The van der Waals surface area contributed by atoms with Crippen molar-refractivity contribution >= 4 is 22.9 Å². The van der Waals surface area contributed by atoms with Crippen molar-refractivity contribution in [3.8, 4) is 16.5 Å². The minimum atomic E-state index is -0.274. The SMILES string of the molecule is Cc1cc(NC(=O)c2csc(-c3ccco3)n2)ccc1-n1cnnn1. The number of carbonyl (C=O) groups is 1. The molecule has 8 nitrogen and oxygen atoms in total. The standard InChI is InChI=1S/C16H12N6O2S/c1-10-7-11(4-5-13(10)22-9-17-20-21-22)18-15(23)12-8-25-16(19-12)14-3-2-6-24-14/h2-9H,1H3,(H,18,23). The molecule has 0 atom stereocenters. The first-order chi connectivity index (χ1) is 12.2. The first-order valence-electron chi connectivity index (χ1n) is 7.35. The molecule has 0 bridgehead atoms. The zero-order valence-corrected chi connectivity index (χ0v) is 13.9. The molecule has 3 aromatic heterocycles. The lowest BCUT2D eigenvalue weighted by Crippen LogP contribution is -2.12. The highest BCUT2D eigenvalue weighted by atomic mass is 32.1. The lowest BCUT2D eigenvalue weighted by molar-refractivity contribution is 0.102. The third-order valence-corrected chi connectivity index (χ3v) is 4.38. The fourth-order valence-electron chi connectivity index (χ4n) is 2.35. The van der Waals surface area contributed by atoms with Crippen LogP contribution in [0, 0.1) is 6.92 Å². The molecule has 1 aromatic carbocycles. The van der Waals surface area contributed by atoms with Crippen molar-refractivity contribution in [2.24, 2.45) is 0 Å². The van der Waals surface area contributed by atoms with E-state index >= 15 is 0 Å². The van der Waals surface area contributed by atoms with Crippen LogP contribution in [0.5, 0.6) is 0 Å². The maximum atomic E-state index is 12.4. The van der Waals surface area contributed by atoms with Gasteiger partial charge < -0.3 is 9.73 Å². The normalized spacial score (nSPS) is 10.8. The van der Waals surface area contributed by atoms with Crippen molar-refractivity contribution in [1.82, 2.24) is 25.2 Å². The number of rotatable bonds is 4. The molecule has 0 fully saturated rings. The van der Waals surface area contributed by atoms with Crippen molar-refractivity contribution in [2.75, 3.05) is 5.32 Å².